The second-order valence-electron chi connectivity index (χ2n) is 5.12. The Balaban J connectivity index is 2.04. The van der Waals surface area contributed by atoms with Crippen LogP contribution in [0.3, 0.4) is 0 Å². The Hall–Kier alpha value is -2.56. The molecule has 5 nitrogen and oxygen atoms in total. The second kappa shape index (κ2) is 6.93. The molecule has 22 heavy (non-hydrogen) atoms. The van der Waals surface area contributed by atoms with Crippen molar-refractivity contribution in [1.82, 2.24) is 5.32 Å². The molecule has 2 N–H and O–H groups in total. The van der Waals surface area contributed by atoms with Crippen LogP contribution in [-0.4, -0.2) is 17.9 Å². The van der Waals surface area contributed by atoms with E-state index in [0.29, 0.717) is 0 Å². The van der Waals surface area contributed by atoms with Crippen molar-refractivity contribution < 1.29 is 14.0 Å². The first-order valence-electron chi connectivity index (χ1n) is 7.26. The normalized spacial score (nSPS) is 11.8. The lowest BCUT2D eigenvalue weighted by molar-refractivity contribution is -0.117. The maximum absolute atomic E-state index is 12.3. The number of hydrogen-bond donors (Lipinski definition) is 2. The monoisotopic (exact) mass is 300 g/mol. The maximum Gasteiger partial charge on any atom is 0.287 e. The van der Waals surface area contributed by atoms with E-state index in [4.69, 9.17) is 4.42 Å². The average molecular weight is 300 g/mol. The Morgan fingerprint density at radius 2 is 2.00 bits per heavy atom. The third kappa shape index (κ3) is 3.55. The lowest BCUT2D eigenvalue weighted by Gasteiger charge is -2.17. The molecule has 116 valence electrons. The van der Waals surface area contributed by atoms with Gasteiger partial charge in [0.05, 0.1) is 6.26 Å². The molecule has 0 radical (unpaired) electrons. The van der Waals surface area contributed by atoms with E-state index in [1.165, 1.54) is 6.26 Å². The Morgan fingerprint density at radius 1 is 1.23 bits per heavy atom. The SMILES string of the molecule is CCc1cccc(C)c1NC(=O)C(C)NC(=O)c1ccco1. The first kappa shape index (κ1) is 15.8. The van der Waals surface area contributed by atoms with Gasteiger partial charge in [-0.15, -0.1) is 0 Å². The number of hydrogen-bond acceptors (Lipinski definition) is 3. The third-order valence-electron chi connectivity index (χ3n) is 3.47. The van der Waals surface area contributed by atoms with Gasteiger partial charge in [0, 0.05) is 5.69 Å². The van der Waals surface area contributed by atoms with Gasteiger partial charge in [0.15, 0.2) is 5.76 Å². The van der Waals surface area contributed by atoms with Crippen molar-refractivity contribution in [2.75, 3.05) is 5.32 Å². The summed E-state index contributed by atoms with van der Waals surface area (Å²) in [6.07, 6.45) is 2.24. The van der Waals surface area contributed by atoms with Crippen molar-refractivity contribution in [1.29, 1.82) is 0 Å². The van der Waals surface area contributed by atoms with E-state index in [0.717, 1.165) is 23.2 Å². The van der Waals surface area contributed by atoms with Gasteiger partial charge in [0.25, 0.3) is 5.91 Å². The third-order valence-corrected chi connectivity index (χ3v) is 3.47. The molecule has 1 heterocycles. The lowest BCUT2D eigenvalue weighted by atomic mass is 10.1. The number of rotatable bonds is 5. The minimum absolute atomic E-state index is 0.185. The minimum atomic E-state index is -0.665. The number of carbonyl (C=O) groups is 2. The standard InChI is InChI=1S/C17H20N2O3/c1-4-13-8-5-7-11(2)15(13)19-16(20)12(3)18-17(21)14-9-6-10-22-14/h5-10,12H,4H2,1-3H3,(H,18,21)(H,19,20). The number of nitrogens with one attached hydrogen (secondary N) is 2. The first-order chi connectivity index (χ1) is 10.5. The van der Waals surface area contributed by atoms with Crippen molar-refractivity contribution in [3.05, 3.63) is 53.5 Å². The predicted octanol–water partition coefficient (Wildman–Crippen LogP) is 2.91. The maximum atomic E-state index is 12.3. The molecular formula is C17H20N2O3. The molecule has 0 aliphatic heterocycles. The molecule has 0 bridgehead atoms. The topological polar surface area (TPSA) is 71.3 Å². The van der Waals surface area contributed by atoms with E-state index in [-0.39, 0.29) is 11.7 Å². The highest BCUT2D eigenvalue weighted by Gasteiger charge is 2.19. The highest BCUT2D eigenvalue weighted by Crippen LogP contribution is 2.21. The van der Waals surface area contributed by atoms with E-state index < -0.39 is 11.9 Å². The van der Waals surface area contributed by atoms with E-state index >= 15 is 0 Å². The number of para-hydroxylation sites is 1. The van der Waals surface area contributed by atoms with E-state index in [1.807, 2.05) is 32.0 Å². The molecule has 5 heteroatoms. The van der Waals surface area contributed by atoms with Crippen molar-refractivity contribution >= 4 is 17.5 Å². The molecule has 2 aromatic rings. The van der Waals surface area contributed by atoms with Gasteiger partial charge in [-0.2, -0.15) is 0 Å². The number of benzene rings is 1. The van der Waals surface area contributed by atoms with Crippen LogP contribution in [-0.2, 0) is 11.2 Å². The van der Waals surface area contributed by atoms with Gasteiger partial charge in [-0.05, 0) is 43.5 Å². The molecule has 0 aliphatic carbocycles. The second-order valence-corrected chi connectivity index (χ2v) is 5.12. The van der Waals surface area contributed by atoms with Crippen molar-refractivity contribution in [3.8, 4) is 0 Å². The van der Waals surface area contributed by atoms with Gasteiger partial charge >= 0.3 is 0 Å². The molecule has 0 aliphatic rings. The molecular weight excluding hydrogens is 280 g/mol. The van der Waals surface area contributed by atoms with E-state index in [9.17, 15) is 9.59 Å². The van der Waals surface area contributed by atoms with Crippen LogP contribution in [0.2, 0.25) is 0 Å². The largest absolute Gasteiger partial charge is 0.459 e. The lowest BCUT2D eigenvalue weighted by Crippen LogP contribution is -2.41. The van der Waals surface area contributed by atoms with Crippen LogP contribution in [0.4, 0.5) is 5.69 Å². The number of carbonyl (C=O) groups excluding carboxylic acids is 2. The zero-order valence-corrected chi connectivity index (χ0v) is 13.0. The number of amides is 2. The molecule has 0 fully saturated rings. The number of furan rings is 1. The highest BCUT2D eigenvalue weighted by atomic mass is 16.3. The fourth-order valence-electron chi connectivity index (χ4n) is 2.17. The summed E-state index contributed by atoms with van der Waals surface area (Å²) in [6.45, 7) is 5.62. The summed E-state index contributed by atoms with van der Waals surface area (Å²) in [7, 11) is 0. The molecule has 0 saturated carbocycles. The highest BCUT2D eigenvalue weighted by molar-refractivity contribution is 6.00. The first-order valence-corrected chi connectivity index (χ1v) is 7.26. The molecule has 2 amide bonds. The van der Waals surface area contributed by atoms with Gasteiger partial charge in [-0.3, -0.25) is 9.59 Å². The molecule has 0 spiro atoms. The predicted molar refractivity (Wildman–Crippen MR) is 84.8 cm³/mol. The summed E-state index contributed by atoms with van der Waals surface area (Å²) < 4.78 is 5.01. The quantitative estimate of drug-likeness (QED) is 0.892. The van der Waals surface area contributed by atoms with Gasteiger partial charge in [-0.1, -0.05) is 25.1 Å². The van der Waals surface area contributed by atoms with Gasteiger partial charge in [-0.25, -0.2) is 0 Å². The zero-order valence-electron chi connectivity index (χ0n) is 13.0. The molecule has 1 atom stereocenters. The molecule has 1 aromatic heterocycles. The van der Waals surface area contributed by atoms with Crippen LogP contribution in [0.5, 0.6) is 0 Å². The summed E-state index contributed by atoms with van der Waals surface area (Å²) in [6, 6.07) is 8.40. The molecule has 2 rings (SSSR count). The fraction of sp³-hybridized carbons (Fsp3) is 0.294. The van der Waals surface area contributed by atoms with Crippen LogP contribution in [0.25, 0.3) is 0 Å². The van der Waals surface area contributed by atoms with Crippen molar-refractivity contribution in [3.63, 3.8) is 0 Å². The Kier molecular flexibility index (Phi) is 4.99. The van der Waals surface area contributed by atoms with E-state index in [1.54, 1.807) is 19.1 Å². The molecule has 1 aromatic carbocycles. The van der Waals surface area contributed by atoms with Gasteiger partial charge in [0.2, 0.25) is 5.91 Å². The molecule has 0 saturated heterocycles. The average Bonchev–Trinajstić information content (AvgIpc) is 3.03. The Bertz CT molecular complexity index is 663. The number of aryl methyl sites for hydroxylation is 2. The summed E-state index contributed by atoms with van der Waals surface area (Å²) in [4.78, 5) is 24.2. The zero-order chi connectivity index (χ0) is 16.1. The molecule has 1 unspecified atom stereocenters. The van der Waals surface area contributed by atoms with Crippen LogP contribution < -0.4 is 10.6 Å². The van der Waals surface area contributed by atoms with Crippen molar-refractivity contribution in [2.45, 2.75) is 33.2 Å². The van der Waals surface area contributed by atoms with Crippen LogP contribution in [0, 0.1) is 6.92 Å². The summed E-state index contributed by atoms with van der Waals surface area (Å²) >= 11 is 0. The van der Waals surface area contributed by atoms with E-state index in [2.05, 4.69) is 10.6 Å². The summed E-state index contributed by atoms with van der Waals surface area (Å²) in [5, 5.41) is 5.51. The van der Waals surface area contributed by atoms with Crippen LogP contribution >= 0.6 is 0 Å². The Morgan fingerprint density at radius 3 is 2.64 bits per heavy atom. The summed E-state index contributed by atoms with van der Waals surface area (Å²) in [5.74, 6) is -0.484. The minimum Gasteiger partial charge on any atom is -0.459 e. The fourth-order valence-corrected chi connectivity index (χ4v) is 2.17. The van der Waals surface area contributed by atoms with Crippen molar-refractivity contribution in [2.24, 2.45) is 0 Å². The smallest absolute Gasteiger partial charge is 0.287 e. The van der Waals surface area contributed by atoms with Crippen LogP contribution in [0.1, 0.15) is 35.5 Å². The number of anilines is 1. The van der Waals surface area contributed by atoms with Gasteiger partial charge in [0.1, 0.15) is 6.04 Å². The Labute approximate surface area is 129 Å². The van der Waals surface area contributed by atoms with Crippen LogP contribution in [0.15, 0.2) is 41.0 Å². The summed E-state index contributed by atoms with van der Waals surface area (Å²) in [5.41, 5.74) is 2.88. The van der Waals surface area contributed by atoms with Gasteiger partial charge < -0.3 is 15.1 Å².